The van der Waals surface area contributed by atoms with Crippen LogP contribution in [-0.2, 0) is 0 Å². The molecule has 0 fully saturated rings. The standard InChI is InChI=1S/C18H23NO2/c1-14-4-6-16(7-5-14)15(2)19-12-13-21-18-10-8-17(20-3)9-11-18/h4-11,15,19H,12-13H2,1-3H3/t15-/m0/s1. The minimum atomic E-state index is 0.324. The van der Waals surface area contributed by atoms with Crippen LogP contribution in [0.2, 0.25) is 0 Å². The Bertz CT molecular complexity index is 534. The summed E-state index contributed by atoms with van der Waals surface area (Å²) in [6.45, 7) is 5.71. The Labute approximate surface area is 126 Å². The SMILES string of the molecule is COc1ccc(OCCN[C@@H](C)c2ccc(C)cc2)cc1. The summed E-state index contributed by atoms with van der Waals surface area (Å²) in [6, 6.07) is 16.6. The minimum absolute atomic E-state index is 0.324. The Balaban J connectivity index is 1.72. The lowest BCUT2D eigenvalue weighted by Gasteiger charge is -2.15. The molecule has 3 heteroatoms. The van der Waals surface area contributed by atoms with Crippen LogP contribution in [0, 0.1) is 6.92 Å². The number of ether oxygens (including phenoxy) is 2. The van der Waals surface area contributed by atoms with Gasteiger partial charge < -0.3 is 14.8 Å². The van der Waals surface area contributed by atoms with Crippen LogP contribution in [0.5, 0.6) is 11.5 Å². The fraction of sp³-hybridized carbons (Fsp3) is 0.333. The van der Waals surface area contributed by atoms with Gasteiger partial charge in [-0.3, -0.25) is 0 Å². The first kappa shape index (κ1) is 15.4. The molecule has 0 saturated carbocycles. The van der Waals surface area contributed by atoms with Gasteiger partial charge in [0.25, 0.3) is 0 Å². The van der Waals surface area contributed by atoms with Gasteiger partial charge in [0, 0.05) is 12.6 Å². The molecule has 112 valence electrons. The minimum Gasteiger partial charge on any atom is -0.497 e. The van der Waals surface area contributed by atoms with Crippen molar-refractivity contribution in [1.29, 1.82) is 0 Å². The van der Waals surface area contributed by atoms with Crippen LogP contribution in [0.4, 0.5) is 0 Å². The molecule has 2 aromatic rings. The topological polar surface area (TPSA) is 30.5 Å². The molecule has 0 aliphatic rings. The largest absolute Gasteiger partial charge is 0.497 e. The van der Waals surface area contributed by atoms with Gasteiger partial charge in [-0.1, -0.05) is 29.8 Å². The molecule has 0 saturated heterocycles. The summed E-state index contributed by atoms with van der Waals surface area (Å²) in [5.41, 5.74) is 2.58. The van der Waals surface area contributed by atoms with E-state index in [9.17, 15) is 0 Å². The van der Waals surface area contributed by atoms with Gasteiger partial charge >= 0.3 is 0 Å². The van der Waals surface area contributed by atoms with E-state index in [4.69, 9.17) is 9.47 Å². The smallest absolute Gasteiger partial charge is 0.119 e. The van der Waals surface area contributed by atoms with E-state index in [1.54, 1.807) is 7.11 Å². The molecule has 0 spiro atoms. The molecular weight excluding hydrogens is 262 g/mol. The summed E-state index contributed by atoms with van der Waals surface area (Å²) < 4.78 is 10.8. The molecule has 21 heavy (non-hydrogen) atoms. The molecular formula is C18H23NO2. The van der Waals surface area contributed by atoms with E-state index in [0.29, 0.717) is 12.6 Å². The van der Waals surface area contributed by atoms with Gasteiger partial charge in [0.1, 0.15) is 18.1 Å². The molecule has 0 unspecified atom stereocenters. The Kier molecular flexibility index (Phi) is 5.64. The fourth-order valence-corrected chi connectivity index (χ4v) is 2.09. The second-order valence-electron chi connectivity index (χ2n) is 5.11. The molecule has 0 heterocycles. The molecule has 0 aliphatic carbocycles. The number of hydrogen-bond acceptors (Lipinski definition) is 3. The van der Waals surface area contributed by atoms with Crippen molar-refractivity contribution in [2.24, 2.45) is 0 Å². The monoisotopic (exact) mass is 285 g/mol. The van der Waals surface area contributed by atoms with Crippen LogP contribution >= 0.6 is 0 Å². The van der Waals surface area contributed by atoms with Crippen LogP contribution in [0.15, 0.2) is 48.5 Å². The Morgan fingerprint density at radius 3 is 2.19 bits per heavy atom. The van der Waals surface area contributed by atoms with Crippen LogP contribution in [0.3, 0.4) is 0 Å². The molecule has 0 amide bonds. The van der Waals surface area contributed by atoms with Crippen molar-refractivity contribution in [2.75, 3.05) is 20.3 Å². The number of benzene rings is 2. The molecule has 0 aromatic heterocycles. The average Bonchev–Trinajstić information content (AvgIpc) is 2.52. The lowest BCUT2D eigenvalue weighted by atomic mass is 10.1. The van der Waals surface area contributed by atoms with Crippen LogP contribution < -0.4 is 14.8 Å². The highest BCUT2D eigenvalue weighted by Crippen LogP contribution is 2.17. The van der Waals surface area contributed by atoms with Gasteiger partial charge in [-0.2, -0.15) is 0 Å². The molecule has 1 atom stereocenters. The quantitative estimate of drug-likeness (QED) is 0.786. The van der Waals surface area contributed by atoms with E-state index in [1.807, 2.05) is 24.3 Å². The van der Waals surface area contributed by atoms with Crippen molar-refractivity contribution >= 4 is 0 Å². The third-order valence-electron chi connectivity index (χ3n) is 3.46. The highest BCUT2D eigenvalue weighted by atomic mass is 16.5. The third-order valence-corrected chi connectivity index (χ3v) is 3.46. The van der Waals surface area contributed by atoms with Crippen molar-refractivity contribution in [2.45, 2.75) is 19.9 Å². The maximum Gasteiger partial charge on any atom is 0.119 e. The lowest BCUT2D eigenvalue weighted by molar-refractivity contribution is 0.307. The van der Waals surface area contributed by atoms with E-state index in [1.165, 1.54) is 11.1 Å². The number of hydrogen-bond donors (Lipinski definition) is 1. The lowest BCUT2D eigenvalue weighted by Crippen LogP contribution is -2.24. The van der Waals surface area contributed by atoms with Gasteiger partial charge in [-0.05, 0) is 43.7 Å². The Morgan fingerprint density at radius 2 is 1.57 bits per heavy atom. The summed E-state index contributed by atoms with van der Waals surface area (Å²) in [4.78, 5) is 0. The van der Waals surface area contributed by atoms with Gasteiger partial charge in [-0.25, -0.2) is 0 Å². The summed E-state index contributed by atoms with van der Waals surface area (Å²) in [5.74, 6) is 1.70. The Morgan fingerprint density at radius 1 is 0.952 bits per heavy atom. The highest BCUT2D eigenvalue weighted by Gasteiger charge is 2.03. The number of nitrogens with one attached hydrogen (secondary N) is 1. The number of aryl methyl sites for hydroxylation is 1. The summed E-state index contributed by atoms with van der Waals surface area (Å²) in [7, 11) is 1.66. The summed E-state index contributed by atoms with van der Waals surface area (Å²) >= 11 is 0. The fourth-order valence-electron chi connectivity index (χ4n) is 2.09. The van der Waals surface area contributed by atoms with Crippen LogP contribution in [0.1, 0.15) is 24.1 Å². The van der Waals surface area contributed by atoms with E-state index in [-0.39, 0.29) is 0 Å². The maximum absolute atomic E-state index is 5.69. The third kappa shape index (κ3) is 4.80. The first-order valence-corrected chi connectivity index (χ1v) is 7.26. The molecule has 2 aromatic carbocycles. The van der Waals surface area contributed by atoms with Gasteiger partial charge in [0.15, 0.2) is 0 Å². The normalized spacial score (nSPS) is 12.0. The second kappa shape index (κ2) is 7.70. The van der Waals surface area contributed by atoms with E-state index in [0.717, 1.165) is 18.0 Å². The molecule has 2 rings (SSSR count). The van der Waals surface area contributed by atoms with E-state index >= 15 is 0 Å². The first-order chi connectivity index (χ1) is 10.2. The first-order valence-electron chi connectivity index (χ1n) is 7.26. The zero-order chi connectivity index (χ0) is 15.1. The summed E-state index contributed by atoms with van der Waals surface area (Å²) in [5, 5.41) is 3.46. The molecule has 0 aliphatic heterocycles. The van der Waals surface area contributed by atoms with Crippen molar-refractivity contribution in [3.63, 3.8) is 0 Å². The predicted octanol–water partition coefficient (Wildman–Crippen LogP) is 3.73. The van der Waals surface area contributed by atoms with Crippen molar-refractivity contribution in [1.82, 2.24) is 5.32 Å². The number of rotatable bonds is 7. The summed E-state index contributed by atoms with van der Waals surface area (Å²) in [6.07, 6.45) is 0. The molecule has 1 N–H and O–H groups in total. The van der Waals surface area contributed by atoms with Crippen molar-refractivity contribution in [3.8, 4) is 11.5 Å². The van der Waals surface area contributed by atoms with Crippen LogP contribution in [-0.4, -0.2) is 20.3 Å². The van der Waals surface area contributed by atoms with Crippen molar-refractivity contribution < 1.29 is 9.47 Å². The highest BCUT2D eigenvalue weighted by molar-refractivity contribution is 5.31. The van der Waals surface area contributed by atoms with E-state index < -0.39 is 0 Å². The Hall–Kier alpha value is -2.00. The van der Waals surface area contributed by atoms with Gasteiger partial charge in [0.05, 0.1) is 7.11 Å². The van der Waals surface area contributed by atoms with Gasteiger partial charge in [0.2, 0.25) is 0 Å². The van der Waals surface area contributed by atoms with Crippen LogP contribution in [0.25, 0.3) is 0 Å². The molecule has 0 bridgehead atoms. The van der Waals surface area contributed by atoms with Gasteiger partial charge in [-0.15, -0.1) is 0 Å². The van der Waals surface area contributed by atoms with E-state index in [2.05, 4.69) is 43.4 Å². The second-order valence-corrected chi connectivity index (χ2v) is 5.11. The molecule has 3 nitrogen and oxygen atoms in total. The zero-order valence-electron chi connectivity index (χ0n) is 12.9. The maximum atomic E-state index is 5.69. The average molecular weight is 285 g/mol. The zero-order valence-corrected chi connectivity index (χ0v) is 12.9. The van der Waals surface area contributed by atoms with Crippen molar-refractivity contribution in [3.05, 3.63) is 59.7 Å². The number of methoxy groups -OCH3 is 1. The predicted molar refractivity (Wildman–Crippen MR) is 86.1 cm³/mol. The molecule has 0 radical (unpaired) electrons.